The first-order chi connectivity index (χ1) is 15.1. The summed E-state index contributed by atoms with van der Waals surface area (Å²) in [4.78, 5) is 36.7. The zero-order valence-electron chi connectivity index (χ0n) is 17.8. The average Bonchev–Trinajstić information content (AvgIpc) is 2.73. The van der Waals surface area contributed by atoms with E-state index in [2.05, 4.69) is 26.1 Å². The zero-order valence-corrected chi connectivity index (χ0v) is 17.8. The second kappa shape index (κ2) is 9.09. The molecule has 0 aliphatic heterocycles. The molecule has 0 atom stereocenters. The first kappa shape index (κ1) is 22.8. The number of rotatable bonds is 4. The molecular formula is C25H22F2N2O3. The zero-order chi connectivity index (χ0) is 23.5. The first-order valence-corrected chi connectivity index (χ1v) is 9.88. The van der Waals surface area contributed by atoms with E-state index >= 15 is 0 Å². The van der Waals surface area contributed by atoms with Crippen LogP contribution in [0.25, 0.3) is 0 Å². The number of amides is 3. The van der Waals surface area contributed by atoms with Crippen molar-refractivity contribution in [3.05, 3.63) is 101 Å². The number of hydrogen-bond donors (Lipinski definition) is 2. The highest BCUT2D eigenvalue weighted by atomic mass is 19.1. The van der Waals surface area contributed by atoms with Gasteiger partial charge in [-0.05, 0) is 47.4 Å². The molecule has 0 heterocycles. The van der Waals surface area contributed by atoms with Crippen molar-refractivity contribution in [1.29, 1.82) is 0 Å². The Labute approximate surface area is 184 Å². The summed E-state index contributed by atoms with van der Waals surface area (Å²) in [5.41, 5.74) is 1.50. The van der Waals surface area contributed by atoms with Crippen LogP contribution in [0.5, 0.6) is 0 Å². The molecule has 0 unspecified atom stereocenters. The summed E-state index contributed by atoms with van der Waals surface area (Å²) in [6.07, 6.45) is 0. The van der Waals surface area contributed by atoms with Gasteiger partial charge in [-0.2, -0.15) is 0 Å². The minimum absolute atomic E-state index is 0.0189. The molecule has 0 saturated carbocycles. The Bertz CT molecular complexity index is 1150. The normalized spacial score (nSPS) is 11.0. The third-order valence-corrected chi connectivity index (χ3v) is 4.83. The third-order valence-electron chi connectivity index (χ3n) is 4.83. The van der Waals surface area contributed by atoms with Gasteiger partial charge in [-0.1, -0.05) is 51.1 Å². The van der Waals surface area contributed by atoms with Gasteiger partial charge < -0.3 is 5.32 Å². The molecule has 7 heteroatoms. The van der Waals surface area contributed by atoms with Crippen molar-refractivity contribution >= 4 is 23.4 Å². The number of nitrogens with one attached hydrogen (secondary N) is 2. The molecule has 0 aliphatic carbocycles. The molecule has 0 radical (unpaired) electrons. The summed E-state index contributed by atoms with van der Waals surface area (Å²) in [7, 11) is 0. The maximum absolute atomic E-state index is 13.7. The van der Waals surface area contributed by atoms with Gasteiger partial charge in [-0.15, -0.1) is 0 Å². The Hall–Kier alpha value is -3.87. The Kier molecular flexibility index (Phi) is 6.48. The van der Waals surface area contributed by atoms with Crippen molar-refractivity contribution in [3.63, 3.8) is 0 Å². The van der Waals surface area contributed by atoms with Crippen molar-refractivity contribution in [1.82, 2.24) is 5.32 Å². The van der Waals surface area contributed by atoms with Crippen LogP contribution in [0.2, 0.25) is 0 Å². The predicted molar refractivity (Wildman–Crippen MR) is 118 cm³/mol. The van der Waals surface area contributed by atoms with E-state index in [0.717, 1.165) is 23.8 Å². The SMILES string of the molecule is CC(C)(C)c1ccc(C(=O)c2ccc(NC(=O)NC(=O)c3c(F)cccc3F)cc2)cc1. The fourth-order valence-corrected chi connectivity index (χ4v) is 3.04. The topological polar surface area (TPSA) is 75.3 Å². The second-order valence-electron chi connectivity index (χ2n) is 8.24. The fraction of sp³-hybridized carbons (Fsp3) is 0.160. The molecule has 0 aromatic heterocycles. The molecule has 2 N–H and O–H groups in total. The summed E-state index contributed by atoms with van der Waals surface area (Å²) < 4.78 is 27.3. The average molecular weight is 436 g/mol. The molecule has 3 aromatic rings. The van der Waals surface area contributed by atoms with E-state index in [1.165, 1.54) is 24.3 Å². The number of hydrogen-bond acceptors (Lipinski definition) is 3. The van der Waals surface area contributed by atoms with Crippen LogP contribution in [0.3, 0.4) is 0 Å². The van der Waals surface area contributed by atoms with Crippen LogP contribution in [-0.2, 0) is 5.41 Å². The van der Waals surface area contributed by atoms with Crippen molar-refractivity contribution in [2.75, 3.05) is 5.32 Å². The number of urea groups is 1. The Morgan fingerprint density at radius 1 is 0.750 bits per heavy atom. The monoisotopic (exact) mass is 436 g/mol. The minimum atomic E-state index is -1.20. The largest absolute Gasteiger partial charge is 0.326 e. The van der Waals surface area contributed by atoms with E-state index in [1.807, 2.05) is 17.4 Å². The van der Waals surface area contributed by atoms with E-state index in [4.69, 9.17) is 0 Å². The number of imide groups is 1. The van der Waals surface area contributed by atoms with E-state index in [9.17, 15) is 23.2 Å². The van der Waals surface area contributed by atoms with Crippen LogP contribution in [0.1, 0.15) is 52.6 Å². The summed E-state index contributed by atoms with van der Waals surface area (Å²) >= 11 is 0. The van der Waals surface area contributed by atoms with Gasteiger partial charge in [0, 0.05) is 16.8 Å². The van der Waals surface area contributed by atoms with E-state index in [1.54, 1.807) is 12.1 Å². The Morgan fingerprint density at radius 2 is 1.25 bits per heavy atom. The van der Waals surface area contributed by atoms with Crippen LogP contribution in [0, 0.1) is 11.6 Å². The lowest BCUT2D eigenvalue weighted by atomic mass is 9.86. The standard InChI is InChI=1S/C25H22F2N2O3/c1-25(2,3)17-11-7-15(8-12-17)22(30)16-9-13-18(14-10-16)28-24(32)29-23(31)21-19(26)5-4-6-20(21)27/h4-14H,1-3H3,(H2,28,29,31,32). The number of benzene rings is 3. The molecule has 0 fully saturated rings. The van der Waals surface area contributed by atoms with Crippen LogP contribution in [0.15, 0.2) is 66.7 Å². The number of ketones is 1. The van der Waals surface area contributed by atoms with E-state index in [0.29, 0.717) is 16.8 Å². The highest BCUT2D eigenvalue weighted by Crippen LogP contribution is 2.23. The fourth-order valence-electron chi connectivity index (χ4n) is 3.04. The van der Waals surface area contributed by atoms with Crippen molar-refractivity contribution in [2.45, 2.75) is 26.2 Å². The van der Waals surface area contributed by atoms with Gasteiger partial charge in [-0.3, -0.25) is 14.9 Å². The van der Waals surface area contributed by atoms with Crippen LogP contribution >= 0.6 is 0 Å². The molecule has 164 valence electrons. The molecule has 0 bridgehead atoms. The molecule has 3 rings (SSSR count). The predicted octanol–water partition coefficient (Wildman–Crippen LogP) is 5.46. The highest BCUT2D eigenvalue weighted by Gasteiger charge is 2.19. The second-order valence-corrected chi connectivity index (χ2v) is 8.24. The Morgan fingerprint density at radius 3 is 1.75 bits per heavy atom. The molecule has 3 aromatic carbocycles. The molecule has 0 aliphatic rings. The van der Waals surface area contributed by atoms with E-state index < -0.39 is 29.1 Å². The minimum Gasteiger partial charge on any atom is -0.308 e. The molecular weight excluding hydrogens is 414 g/mol. The summed E-state index contributed by atoms with van der Waals surface area (Å²) in [5.74, 6) is -3.53. The maximum atomic E-state index is 13.7. The first-order valence-electron chi connectivity index (χ1n) is 9.88. The number of carbonyl (C=O) groups is 3. The summed E-state index contributed by atoms with van der Waals surface area (Å²) in [6.45, 7) is 6.27. The molecule has 0 spiro atoms. The quantitative estimate of drug-likeness (QED) is 0.534. The van der Waals surface area contributed by atoms with Crippen LogP contribution < -0.4 is 10.6 Å². The number of anilines is 1. The van der Waals surface area contributed by atoms with Gasteiger partial charge >= 0.3 is 6.03 Å². The van der Waals surface area contributed by atoms with Crippen molar-refractivity contribution in [3.8, 4) is 0 Å². The van der Waals surface area contributed by atoms with Gasteiger partial charge in [0.25, 0.3) is 5.91 Å². The maximum Gasteiger partial charge on any atom is 0.326 e. The van der Waals surface area contributed by atoms with Gasteiger partial charge in [0.05, 0.1) is 0 Å². The Balaban J connectivity index is 1.64. The van der Waals surface area contributed by atoms with Crippen molar-refractivity contribution in [2.24, 2.45) is 0 Å². The lowest BCUT2D eigenvalue weighted by Crippen LogP contribution is -2.35. The van der Waals surface area contributed by atoms with E-state index in [-0.39, 0.29) is 11.2 Å². The summed E-state index contributed by atoms with van der Waals surface area (Å²) in [5, 5.41) is 4.26. The third kappa shape index (κ3) is 5.24. The molecule has 5 nitrogen and oxygen atoms in total. The lowest BCUT2D eigenvalue weighted by molar-refractivity contribution is 0.0958. The van der Waals surface area contributed by atoms with Gasteiger partial charge in [-0.25, -0.2) is 13.6 Å². The molecule has 3 amide bonds. The number of carbonyl (C=O) groups excluding carboxylic acids is 3. The number of halogens is 2. The summed E-state index contributed by atoms with van der Waals surface area (Å²) in [6, 6.07) is 15.4. The van der Waals surface area contributed by atoms with Crippen LogP contribution in [0.4, 0.5) is 19.3 Å². The highest BCUT2D eigenvalue weighted by molar-refractivity contribution is 6.10. The van der Waals surface area contributed by atoms with Gasteiger partial charge in [0.1, 0.15) is 17.2 Å². The molecule has 32 heavy (non-hydrogen) atoms. The van der Waals surface area contributed by atoms with Gasteiger partial charge in [0.15, 0.2) is 5.78 Å². The van der Waals surface area contributed by atoms with Gasteiger partial charge in [0.2, 0.25) is 0 Å². The van der Waals surface area contributed by atoms with Crippen LogP contribution in [-0.4, -0.2) is 17.7 Å². The smallest absolute Gasteiger partial charge is 0.308 e. The lowest BCUT2D eigenvalue weighted by Gasteiger charge is -2.19. The van der Waals surface area contributed by atoms with Crippen molar-refractivity contribution < 1.29 is 23.2 Å². The molecule has 0 saturated heterocycles.